The molecule has 0 aliphatic rings. The monoisotopic (exact) mass is 279 g/mol. The minimum Gasteiger partial charge on any atom is -0.504 e. The Morgan fingerprint density at radius 2 is 2.00 bits per heavy atom. The van der Waals surface area contributed by atoms with E-state index in [0.29, 0.717) is 22.9 Å². The van der Waals surface area contributed by atoms with Crippen LogP contribution in [0.3, 0.4) is 0 Å². The van der Waals surface area contributed by atoms with Crippen molar-refractivity contribution in [3.63, 3.8) is 0 Å². The molecule has 0 spiro atoms. The molecule has 2 aromatic carbocycles. The fourth-order valence-electron chi connectivity index (χ4n) is 1.69. The van der Waals surface area contributed by atoms with Gasteiger partial charge in [-0.2, -0.15) is 0 Å². The lowest BCUT2D eigenvalue weighted by Gasteiger charge is -2.10. The van der Waals surface area contributed by atoms with E-state index >= 15 is 0 Å². The normalized spacial score (nSPS) is 10.2. The first-order chi connectivity index (χ1) is 9.11. The van der Waals surface area contributed by atoms with Crippen LogP contribution in [-0.2, 0) is 6.54 Å². The Morgan fingerprint density at radius 3 is 2.74 bits per heavy atom. The van der Waals surface area contributed by atoms with Gasteiger partial charge in [0, 0.05) is 23.9 Å². The number of halogens is 1. The summed E-state index contributed by atoms with van der Waals surface area (Å²) in [7, 11) is 1.55. The number of rotatable bonds is 4. The number of phenolic OH excluding ortho intramolecular Hbond substituents is 2. The molecule has 0 atom stereocenters. The smallest absolute Gasteiger partial charge is 0.162 e. The molecule has 0 unspecified atom stereocenters. The first-order valence-electron chi connectivity index (χ1n) is 5.69. The maximum absolute atomic E-state index is 9.68. The highest BCUT2D eigenvalue weighted by molar-refractivity contribution is 6.32. The van der Waals surface area contributed by atoms with Gasteiger partial charge in [0.2, 0.25) is 0 Å². The van der Waals surface area contributed by atoms with E-state index in [4.69, 9.17) is 16.3 Å². The second kappa shape index (κ2) is 5.71. The second-order valence-corrected chi connectivity index (χ2v) is 4.39. The predicted octanol–water partition coefficient (Wildman–Crippen LogP) is 3.37. The van der Waals surface area contributed by atoms with Crippen LogP contribution in [0.25, 0.3) is 0 Å². The Morgan fingerprint density at radius 1 is 1.21 bits per heavy atom. The van der Waals surface area contributed by atoms with E-state index in [1.807, 2.05) is 6.07 Å². The summed E-state index contributed by atoms with van der Waals surface area (Å²) in [5.74, 6) is 0.329. The van der Waals surface area contributed by atoms with Crippen molar-refractivity contribution in [1.82, 2.24) is 0 Å². The molecule has 5 heteroatoms. The van der Waals surface area contributed by atoms with Crippen LogP contribution in [0.15, 0.2) is 36.4 Å². The molecule has 0 radical (unpaired) electrons. The summed E-state index contributed by atoms with van der Waals surface area (Å²) in [6.07, 6.45) is 0. The molecule has 0 fully saturated rings. The Labute approximate surface area is 116 Å². The van der Waals surface area contributed by atoms with Crippen molar-refractivity contribution in [2.24, 2.45) is 0 Å². The van der Waals surface area contributed by atoms with E-state index in [2.05, 4.69) is 5.32 Å². The number of anilines is 1. The van der Waals surface area contributed by atoms with Crippen LogP contribution < -0.4 is 10.1 Å². The van der Waals surface area contributed by atoms with E-state index in [0.717, 1.165) is 5.69 Å². The number of phenols is 2. The number of aromatic hydroxyl groups is 2. The number of hydrogen-bond donors (Lipinski definition) is 3. The number of methoxy groups -OCH3 is 1. The van der Waals surface area contributed by atoms with Crippen LogP contribution >= 0.6 is 11.6 Å². The zero-order chi connectivity index (χ0) is 13.8. The number of benzene rings is 2. The van der Waals surface area contributed by atoms with E-state index in [1.54, 1.807) is 31.4 Å². The predicted molar refractivity (Wildman–Crippen MR) is 75.1 cm³/mol. The van der Waals surface area contributed by atoms with Gasteiger partial charge in [-0.25, -0.2) is 0 Å². The van der Waals surface area contributed by atoms with Crippen molar-refractivity contribution in [3.8, 4) is 17.2 Å². The standard InChI is InChI=1S/C14H14ClNO3/c1-19-13-7-10(5-6-11(13)15)16-8-9-3-2-4-12(17)14(9)18/h2-7,16-18H,8H2,1H3. The first kappa shape index (κ1) is 13.4. The van der Waals surface area contributed by atoms with E-state index in [-0.39, 0.29) is 11.5 Å². The third kappa shape index (κ3) is 3.03. The third-order valence-corrected chi connectivity index (χ3v) is 3.04. The molecule has 0 saturated carbocycles. The lowest BCUT2D eigenvalue weighted by atomic mass is 10.2. The van der Waals surface area contributed by atoms with Crippen LogP contribution in [0, 0.1) is 0 Å². The van der Waals surface area contributed by atoms with Gasteiger partial charge in [-0.15, -0.1) is 0 Å². The fraction of sp³-hybridized carbons (Fsp3) is 0.143. The van der Waals surface area contributed by atoms with Gasteiger partial charge in [0.05, 0.1) is 12.1 Å². The maximum atomic E-state index is 9.68. The molecular weight excluding hydrogens is 266 g/mol. The molecule has 0 aromatic heterocycles. The molecular formula is C14H14ClNO3. The third-order valence-electron chi connectivity index (χ3n) is 2.73. The summed E-state index contributed by atoms with van der Waals surface area (Å²) in [6, 6.07) is 10.1. The van der Waals surface area contributed by atoms with E-state index in [9.17, 15) is 10.2 Å². The largest absolute Gasteiger partial charge is 0.504 e. The van der Waals surface area contributed by atoms with Crippen molar-refractivity contribution in [2.75, 3.05) is 12.4 Å². The maximum Gasteiger partial charge on any atom is 0.162 e. The zero-order valence-corrected chi connectivity index (χ0v) is 11.1. The lowest BCUT2D eigenvalue weighted by Crippen LogP contribution is -2.00. The van der Waals surface area contributed by atoms with E-state index < -0.39 is 0 Å². The molecule has 0 aliphatic carbocycles. The molecule has 2 rings (SSSR count). The molecule has 0 bridgehead atoms. The van der Waals surface area contributed by atoms with Gasteiger partial charge >= 0.3 is 0 Å². The minimum atomic E-state index is -0.131. The summed E-state index contributed by atoms with van der Waals surface area (Å²) in [5, 5.41) is 22.7. The number of nitrogens with one attached hydrogen (secondary N) is 1. The highest BCUT2D eigenvalue weighted by Crippen LogP contribution is 2.30. The lowest BCUT2D eigenvalue weighted by molar-refractivity contribution is 0.400. The first-order valence-corrected chi connectivity index (χ1v) is 6.07. The van der Waals surface area contributed by atoms with Crippen LogP contribution in [0.1, 0.15) is 5.56 Å². The Bertz CT molecular complexity index is 587. The van der Waals surface area contributed by atoms with Crippen molar-refractivity contribution in [2.45, 2.75) is 6.54 Å². The molecule has 0 aliphatic heterocycles. The molecule has 0 amide bonds. The van der Waals surface area contributed by atoms with Crippen LogP contribution in [0.2, 0.25) is 5.02 Å². The van der Waals surface area contributed by atoms with Gasteiger partial charge in [-0.05, 0) is 18.2 Å². The molecule has 19 heavy (non-hydrogen) atoms. The molecule has 100 valence electrons. The van der Waals surface area contributed by atoms with Gasteiger partial charge < -0.3 is 20.3 Å². The minimum absolute atomic E-state index is 0.115. The van der Waals surface area contributed by atoms with Crippen LogP contribution in [0.4, 0.5) is 5.69 Å². The highest BCUT2D eigenvalue weighted by atomic mass is 35.5. The number of hydrogen-bond acceptors (Lipinski definition) is 4. The molecule has 2 aromatic rings. The summed E-state index contributed by atoms with van der Waals surface area (Å²) < 4.78 is 5.12. The fourth-order valence-corrected chi connectivity index (χ4v) is 1.88. The summed E-state index contributed by atoms with van der Waals surface area (Å²) in [6.45, 7) is 0.380. The Balaban J connectivity index is 2.12. The van der Waals surface area contributed by atoms with Gasteiger partial charge in [0.25, 0.3) is 0 Å². The summed E-state index contributed by atoms with van der Waals surface area (Å²) in [4.78, 5) is 0. The van der Waals surface area contributed by atoms with Crippen molar-refractivity contribution >= 4 is 17.3 Å². The van der Waals surface area contributed by atoms with Crippen molar-refractivity contribution in [3.05, 3.63) is 47.0 Å². The molecule has 4 nitrogen and oxygen atoms in total. The summed E-state index contributed by atoms with van der Waals surface area (Å²) in [5.41, 5.74) is 1.41. The molecule has 3 N–H and O–H groups in total. The average molecular weight is 280 g/mol. The number of ether oxygens (including phenoxy) is 1. The quantitative estimate of drug-likeness (QED) is 0.751. The Kier molecular flexibility index (Phi) is 4.02. The molecule has 0 heterocycles. The van der Waals surface area contributed by atoms with Crippen molar-refractivity contribution < 1.29 is 14.9 Å². The van der Waals surface area contributed by atoms with E-state index in [1.165, 1.54) is 6.07 Å². The second-order valence-electron chi connectivity index (χ2n) is 3.99. The van der Waals surface area contributed by atoms with Crippen LogP contribution in [0.5, 0.6) is 17.2 Å². The average Bonchev–Trinajstić information content (AvgIpc) is 2.42. The zero-order valence-electron chi connectivity index (χ0n) is 10.4. The van der Waals surface area contributed by atoms with Gasteiger partial charge in [0.15, 0.2) is 11.5 Å². The van der Waals surface area contributed by atoms with Crippen molar-refractivity contribution in [1.29, 1.82) is 0 Å². The topological polar surface area (TPSA) is 61.7 Å². The Hall–Kier alpha value is -2.07. The van der Waals surface area contributed by atoms with Gasteiger partial charge in [0.1, 0.15) is 5.75 Å². The summed E-state index contributed by atoms with van der Waals surface area (Å²) >= 11 is 5.93. The number of para-hydroxylation sites is 1. The highest BCUT2D eigenvalue weighted by Gasteiger charge is 2.06. The van der Waals surface area contributed by atoms with Gasteiger partial charge in [-0.3, -0.25) is 0 Å². The van der Waals surface area contributed by atoms with Crippen LogP contribution in [-0.4, -0.2) is 17.3 Å². The SMILES string of the molecule is COc1cc(NCc2cccc(O)c2O)ccc1Cl. The molecule has 0 saturated heterocycles. The van der Waals surface area contributed by atoms with Gasteiger partial charge in [-0.1, -0.05) is 23.7 Å².